The van der Waals surface area contributed by atoms with Crippen molar-refractivity contribution in [2.24, 2.45) is 0 Å². The number of morpholine rings is 1. The molecule has 4 rings (SSSR count). The van der Waals surface area contributed by atoms with Gasteiger partial charge in [-0.1, -0.05) is 12.1 Å². The summed E-state index contributed by atoms with van der Waals surface area (Å²) in [5, 5.41) is 0. The van der Waals surface area contributed by atoms with Crippen molar-refractivity contribution >= 4 is 0 Å². The molecule has 2 aromatic heterocycles. The lowest BCUT2D eigenvalue weighted by Crippen LogP contribution is -2.38. The number of aromatic nitrogens is 3. The van der Waals surface area contributed by atoms with Crippen LogP contribution in [-0.2, 0) is 22.6 Å². The molecule has 7 nitrogen and oxygen atoms in total. The van der Waals surface area contributed by atoms with Gasteiger partial charge in [0.2, 0.25) is 0 Å². The first-order valence-corrected chi connectivity index (χ1v) is 11.0. The van der Waals surface area contributed by atoms with Crippen molar-refractivity contribution in [3.63, 3.8) is 0 Å². The van der Waals surface area contributed by atoms with E-state index in [1.165, 1.54) is 11.9 Å². The summed E-state index contributed by atoms with van der Waals surface area (Å²) in [6.07, 6.45) is 5.13. The maximum Gasteiger partial charge on any atom is 0.125 e. The zero-order valence-electron chi connectivity index (χ0n) is 18.9. The molecule has 0 bridgehead atoms. The van der Waals surface area contributed by atoms with Gasteiger partial charge in [0, 0.05) is 50.3 Å². The Kier molecular flexibility index (Phi) is 7.42. The van der Waals surface area contributed by atoms with Crippen LogP contribution in [0.5, 0.6) is 5.75 Å². The van der Waals surface area contributed by atoms with E-state index in [-0.39, 0.29) is 12.2 Å². The molecule has 7 heteroatoms. The van der Waals surface area contributed by atoms with E-state index < -0.39 is 0 Å². The third kappa shape index (κ3) is 5.68. The second-order valence-electron chi connectivity index (χ2n) is 8.21. The molecule has 0 spiro atoms. The summed E-state index contributed by atoms with van der Waals surface area (Å²) in [5.74, 6) is 0.886. The standard InChI is InChI=1S/C25H30N4O3/c1-18(2)32-24-8-7-19(11-20(24)16-30-3)14-29-9-10-31-25(15-29)23-6-4-5-22(28-23)21-12-26-17-27-13-21/h4-8,11-13,17-18,25H,9-10,14-16H2,1-3H3/t25-/m0/s1. The molecule has 1 saturated heterocycles. The van der Waals surface area contributed by atoms with Crippen LogP contribution in [0.4, 0.5) is 0 Å². The van der Waals surface area contributed by atoms with E-state index in [0.717, 1.165) is 47.9 Å². The van der Waals surface area contributed by atoms with Gasteiger partial charge in [0.05, 0.1) is 30.7 Å². The molecule has 0 saturated carbocycles. The van der Waals surface area contributed by atoms with Gasteiger partial charge >= 0.3 is 0 Å². The summed E-state index contributed by atoms with van der Waals surface area (Å²) in [6.45, 7) is 7.77. The molecule has 1 aliphatic heterocycles. The normalized spacial score (nSPS) is 16.9. The van der Waals surface area contributed by atoms with Crippen molar-refractivity contribution in [2.75, 3.05) is 26.8 Å². The van der Waals surface area contributed by atoms with Gasteiger partial charge in [-0.3, -0.25) is 4.90 Å². The number of nitrogens with zero attached hydrogens (tertiary/aromatic N) is 4. The zero-order chi connectivity index (χ0) is 22.3. The molecule has 1 aromatic carbocycles. The highest BCUT2D eigenvalue weighted by atomic mass is 16.5. The number of hydrogen-bond acceptors (Lipinski definition) is 7. The third-order valence-electron chi connectivity index (χ3n) is 5.30. The highest BCUT2D eigenvalue weighted by Gasteiger charge is 2.24. The van der Waals surface area contributed by atoms with E-state index >= 15 is 0 Å². The summed E-state index contributed by atoms with van der Waals surface area (Å²) in [5.41, 5.74) is 4.99. The summed E-state index contributed by atoms with van der Waals surface area (Å²) in [4.78, 5) is 15.4. The molecular weight excluding hydrogens is 404 g/mol. The number of methoxy groups -OCH3 is 1. The first kappa shape index (κ1) is 22.3. The van der Waals surface area contributed by atoms with Crippen molar-refractivity contribution in [1.82, 2.24) is 19.9 Å². The lowest BCUT2D eigenvalue weighted by molar-refractivity contribution is -0.0349. The molecule has 32 heavy (non-hydrogen) atoms. The Morgan fingerprint density at radius 3 is 2.78 bits per heavy atom. The fourth-order valence-electron chi connectivity index (χ4n) is 3.87. The van der Waals surface area contributed by atoms with E-state index in [2.05, 4.69) is 33.1 Å². The topological polar surface area (TPSA) is 69.6 Å². The third-order valence-corrected chi connectivity index (χ3v) is 5.30. The van der Waals surface area contributed by atoms with Crippen molar-refractivity contribution in [3.05, 3.63) is 71.9 Å². The van der Waals surface area contributed by atoms with Gasteiger partial charge in [0.25, 0.3) is 0 Å². The van der Waals surface area contributed by atoms with Crippen LogP contribution in [0.1, 0.15) is 36.8 Å². The molecule has 1 atom stereocenters. The van der Waals surface area contributed by atoms with Crippen molar-refractivity contribution < 1.29 is 14.2 Å². The maximum atomic E-state index is 6.07. The fraction of sp³-hybridized carbons (Fsp3) is 0.400. The quantitative estimate of drug-likeness (QED) is 0.530. The summed E-state index contributed by atoms with van der Waals surface area (Å²) >= 11 is 0. The van der Waals surface area contributed by atoms with E-state index in [0.29, 0.717) is 13.2 Å². The van der Waals surface area contributed by atoms with Gasteiger partial charge in [-0.25, -0.2) is 15.0 Å². The second kappa shape index (κ2) is 10.6. The molecule has 0 amide bonds. The summed E-state index contributed by atoms with van der Waals surface area (Å²) < 4.78 is 17.4. The molecule has 3 heterocycles. The number of pyridine rings is 1. The molecule has 0 radical (unpaired) electrons. The molecule has 0 aliphatic carbocycles. The highest BCUT2D eigenvalue weighted by molar-refractivity contribution is 5.56. The van der Waals surface area contributed by atoms with E-state index in [4.69, 9.17) is 19.2 Å². The Morgan fingerprint density at radius 2 is 2.00 bits per heavy atom. The largest absolute Gasteiger partial charge is 0.491 e. The van der Waals surface area contributed by atoms with E-state index in [1.807, 2.05) is 32.0 Å². The van der Waals surface area contributed by atoms with Crippen LogP contribution in [0.25, 0.3) is 11.3 Å². The van der Waals surface area contributed by atoms with Crippen molar-refractivity contribution in [2.45, 2.75) is 39.2 Å². The average Bonchev–Trinajstić information content (AvgIpc) is 2.81. The van der Waals surface area contributed by atoms with Gasteiger partial charge in [0.1, 0.15) is 18.2 Å². The Bertz CT molecular complexity index is 1010. The Hall–Kier alpha value is -2.87. The number of rotatable bonds is 8. The van der Waals surface area contributed by atoms with Gasteiger partial charge in [0.15, 0.2) is 0 Å². The van der Waals surface area contributed by atoms with Crippen molar-refractivity contribution in [1.29, 1.82) is 0 Å². The monoisotopic (exact) mass is 434 g/mol. The van der Waals surface area contributed by atoms with Crippen LogP contribution in [0.15, 0.2) is 55.1 Å². The SMILES string of the molecule is COCc1cc(CN2CCO[C@H](c3cccc(-c4cncnc4)n3)C2)ccc1OC(C)C. The minimum Gasteiger partial charge on any atom is -0.491 e. The second-order valence-corrected chi connectivity index (χ2v) is 8.21. The Balaban J connectivity index is 1.46. The van der Waals surface area contributed by atoms with Crippen LogP contribution >= 0.6 is 0 Å². The lowest BCUT2D eigenvalue weighted by atomic mass is 10.1. The van der Waals surface area contributed by atoms with Crippen LogP contribution in [0.2, 0.25) is 0 Å². The number of ether oxygens (including phenoxy) is 3. The predicted molar refractivity (Wildman–Crippen MR) is 122 cm³/mol. The fourth-order valence-corrected chi connectivity index (χ4v) is 3.87. The summed E-state index contributed by atoms with van der Waals surface area (Å²) in [6, 6.07) is 12.4. The van der Waals surface area contributed by atoms with Crippen LogP contribution in [0, 0.1) is 0 Å². The lowest BCUT2D eigenvalue weighted by Gasteiger charge is -2.33. The van der Waals surface area contributed by atoms with Crippen LogP contribution in [-0.4, -0.2) is 52.8 Å². The summed E-state index contributed by atoms with van der Waals surface area (Å²) in [7, 11) is 1.71. The predicted octanol–water partition coefficient (Wildman–Crippen LogP) is 4.05. The molecule has 0 N–H and O–H groups in total. The average molecular weight is 435 g/mol. The highest BCUT2D eigenvalue weighted by Crippen LogP contribution is 2.27. The molecule has 3 aromatic rings. The minimum atomic E-state index is -0.0738. The Morgan fingerprint density at radius 1 is 1.16 bits per heavy atom. The number of hydrogen-bond donors (Lipinski definition) is 0. The van der Waals surface area contributed by atoms with Crippen LogP contribution in [0.3, 0.4) is 0 Å². The van der Waals surface area contributed by atoms with E-state index in [9.17, 15) is 0 Å². The Labute approximate surface area is 189 Å². The van der Waals surface area contributed by atoms with Gasteiger partial charge in [-0.2, -0.15) is 0 Å². The molecule has 1 aliphatic rings. The first-order valence-electron chi connectivity index (χ1n) is 11.0. The molecule has 168 valence electrons. The van der Waals surface area contributed by atoms with E-state index in [1.54, 1.807) is 19.5 Å². The minimum absolute atomic E-state index is 0.0738. The van der Waals surface area contributed by atoms with Gasteiger partial charge in [-0.05, 0) is 43.7 Å². The van der Waals surface area contributed by atoms with Gasteiger partial charge in [-0.15, -0.1) is 0 Å². The van der Waals surface area contributed by atoms with Crippen molar-refractivity contribution in [3.8, 4) is 17.0 Å². The zero-order valence-corrected chi connectivity index (χ0v) is 18.9. The smallest absolute Gasteiger partial charge is 0.125 e. The molecule has 0 unspecified atom stereocenters. The maximum absolute atomic E-state index is 6.07. The number of benzene rings is 1. The van der Waals surface area contributed by atoms with Crippen LogP contribution < -0.4 is 4.74 Å². The first-order chi connectivity index (χ1) is 15.6. The van der Waals surface area contributed by atoms with Gasteiger partial charge < -0.3 is 14.2 Å². The molecular formula is C25H30N4O3. The molecule has 1 fully saturated rings.